The van der Waals surface area contributed by atoms with Crippen LogP contribution >= 0.6 is 0 Å². The van der Waals surface area contributed by atoms with E-state index in [0.717, 1.165) is 12.0 Å². The summed E-state index contributed by atoms with van der Waals surface area (Å²) in [6, 6.07) is 20.0. The van der Waals surface area contributed by atoms with Crippen molar-refractivity contribution in [1.29, 1.82) is 0 Å². The Labute approximate surface area is 139 Å². The van der Waals surface area contributed by atoms with Crippen LogP contribution < -0.4 is 10.6 Å². The van der Waals surface area contributed by atoms with Gasteiger partial charge in [-0.25, -0.2) is 0 Å². The van der Waals surface area contributed by atoms with Gasteiger partial charge < -0.3 is 10.6 Å². The molecule has 0 saturated carbocycles. The molecule has 23 heavy (non-hydrogen) atoms. The van der Waals surface area contributed by atoms with E-state index in [2.05, 4.69) is 36.6 Å². The van der Waals surface area contributed by atoms with Gasteiger partial charge in [-0.3, -0.25) is 4.79 Å². The van der Waals surface area contributed by atoms with Crippen molar-refractivity contribution in [3.8, 4) is 0 Å². The molecule has 0 aromatic heterocycles. The van der Waals surface area contributed by atoms with Gasteiger partial charge in [0.25, 0.3) is 0 Å². The van der Waals surface area contributed by atoms with E-state index in [-0.39, 0.29) is 11.9 Å². The standard InChI is InChI=1S/C20H26N2O/c1-16(2)13-19(21-14-17-9-5-3-6-10-17)20(23)22-15-18-11-7-4-8-12-18/h3-12,16,19,21H,13-15H2,1-2H3,(H,22,23)/t19-/m1/s1. The fourth-order valence-corrected chi connectivity index (χ4v) is 2.50. The highest BCUT2D eigenvalue weighted by atomic mass is 16.2. The van der Waals surface area contributed by atoms with Crippen molar-refractivity contribution in [3.05, 3.63) is 71.8 Å². The number of benzene rings is 2. The smallest absolute Gasteiger partial charge is 0.237 e. The van der Waals surface area contributed by atoms with E-state index in [9.17, 15) is 4.79 Å². The lowest BCUT2D eigenvalue weighted by molar-refractivity contribution is -0.123. The van der Waals surface area contributed by atoms with Gasteiger partial charge in [0.2, 0.25) is 5.91 Å². The Morgan fingerprint density at radius 1 is 0.870 bits per heavy atom. The summed E-state index contributed by atoms with van der Waals surface area (Å²) in [5.74, 6) is 0.532. The van der Waals surface area contributed by atoms with Gasteiger partial charge in [-0.1, -0.05) is 74.5 Å². The van der Waals surface area contributed by atoms with Crippen LogP contribution in [0.2, 0.25) is 0 Å². The molecule has 0 aliphatic rings. The summed E-state index contributed by atoms with van der Waals surface area (Å²) in [4.78, 5) is 12.5. The van der Waals surface area contributed by atoms with Crippen molar-refractivity contribution in [2.24, 2.45) is 5.92 Å². The van der Waals surface area contributed by atoms with Crippen LogP contribution in [0.15, 0.2) is 60.7 Å². The van der Waals surface area contributed by atoms with E-state index in [1.165, 1.54) is 5.56 Å². The van der Waals surface area contributed by atoms with Crippen LogP contribution in [0.25, 0.3) is 0 Å². The van der Waals surface area contributed by atoms with E-state index >= 15 is 0 Å². The van der Waals surface area contributed by atoms with Crippen molar-refractivity contribution in [2.75, 3.05) is 0 Å². The van der Waals surface area contributed by atoms with Gasteiger partial charge in [-0.2, -0.15) is 0 Å². The number of carbonyl (C=O) groups is 1. The minimum atomic E-state index is -0.168. The maximum atomic E-state index is 12.5. The summed E-state index contributed by atoms with van der Waals surface area (Å²) >= 11 is 0. The zero-order valence-corrected chi connectivity index (χ0v) is 14.0. The Morgan fingerprint density at radius 2 is 1.39 bits per heavy atom. The van der Waals surface area contributed by atoms with Crippen molar-refractivity contribution in [3.63, 3.8) is 0 Å². The van der Waals surface area contributed by atoms with Gasteiger partial charge in [0.05, 0.1) is 6.04 Å². The summed E-state index contributed by atoms with van der Waals surface area (Å²) in [5.41, 5.74) is 2.31. The van der Waals surface area contributed by atoms with Crippen LogP contribution in [0.1, 0.15) is 31.4 Å². The zero-order chi connectivity index (χ0) is 16.5. The van der Waals surface area contributed by atoms with E-state index in [1.807, 2.05) is 48.5 Å². The molecular weight excluding hydrogens is 284 g/mol. The van der Waals surface area contributed by atoms with Gasteiger partial charge in [0.15, 0.2) is 0 Å². The van der Waals surface area contributed by atoms with Gasteiger partial charge >= 0.3 is 0 Å². The second kappa shape index (κ2) is 9.11. The quantitative estimate of drug-likeness (QED) is 0.783. The molecule has 2 aromatic carbocycles. The molecule has 0 aliphatic carbocycles. The normalized spacial score (nSPS) is 12.1. The summed E-state index contributed by atoms with van der Waals surface area (Å²) in [7, 11) is 0. The Bertz CT molecular complexity index is 581. The Hall–Kier alpha value is -2.13. The highest BCUT2D eigenvalue weighted by molar-refractivity contribution is 5.81. The second-order valence-electron chi connectivity index (χ2n) is 6.25. The third kappa shape index (κ3) is 6.25. The van der Waals surface area contributed by atoms with Crippen LogP contribution in [0.4, 0.5) is 0 Å². The van der Waals surface area contributed by atoms with Crippen molar-refractivity contribution in [2.45, 2.75) is 39.4 Å². The van der Waals surface area contributed by atoms with Crippen molar-refractivity contribution < 1.29 is 4.79 Å². The number of amides is 1. The Balaban J connectivity index is 1.89. The van der Waals surface area contributed by atoms with Crippen LogP contribution in [-0.4, -0.2) is 11.9 Å². The molecule has 2 aromatic rings. The lowest BCUT2D eigenvalue weighted by Crippen LogP contribution is -2.44. The molecule has 0 spiro atoms. The summed E-state index contributed by atoms with van der Waals surface area (Å²) < 4.78 is 0. The first kappa shape index (κ1) is 17.2. The maximum Gasteiger partial charge on any atom is 0.237 e. The molecule has 0 saturated heterocycles. The maximum absolute atomic E-state index is 12.5. The number of hydrogen-bond donors (Lipinski definition) is 2. The molecule has 0 fully saturated rings. The third-order valence-corrected chi connectivity index (χ3v) is 3.73. The second-order valence-corrected chi connectivity index (χ2v) is 6.25. The molecule has 122 valence electrons. The average molecular weight is 310 g/mol. The van der Waals surface area contributed by atoms with Gasteiger partial charge in [-0.15, -0.1) is 0 Å². The molecule has 3 nitrogen and oxygen atoms in total. The van der Waals surface area contributed by atoms with Crippen LogP contribution in [0.5, 0.6) is 0 Å². The first-order valence-electron chi connectivity index (χ1n) is 8.24. The molecule has 1 amide bonds. The molecule has 3 heteroatoms. The highest BCUT2D eigenvalue weighted by Gasteiger charge is 2.18. The number of hydrogen-bond acceptors (Lipinski definition) is 2. The van der Waals surface area contributed by atoms with E-state index in [1.54, 1.807) is 0 Å². The topological polar surface area (TPSA) is 41.1 Å². The van der Waals surface area contributed by atoms with Crippen LogP contribution in [0.3, 0.4) is 0 Å². The number of rotatable bonds is 8. The minimum Gasteiger partial charge on any atom is -0.351 e. The van der Waals surface area contributed by atoms with E-state index in [4.69, 9.17) is 0 Å². The van der Waals surface area contributed by atoms with Crippen LogP contribution in [0, 0.1) is 5.92 Å². The fourth-order valence-electron chi connectivity index (χ4n) is 2.50. The van der Waals surface area contributed by atoms with Gasteiger partial charge in [-0.05, 0) is 23.5 Å². The molecule has 0 unspecified atom stereocenters. The monoisotopic (exact) mass is 310 g/mol. The number of carbonyl (C=O) groups excluding carboxylic acids is 1. The molecule has 0 bridgehead atoms. The Kier molecular flexibility index (Phi) is 6.82. The van der Waals surface area contributed by atoms with E-state index < -0.39 is 0 Å². The number of nitrogens with one attached hydrogen (secondary N) is 2. The first-order chi connectivity index (χ1) is 11.1. The molecule has 0 radical (unpaired) electrons. The first-order valence-corrected chi connectivity index (χ1v) is 8.24. The SMILES string of the molecule is CC(C)C[C@@H](NCc1ccccc1)C(=O)NCc1ccccc1. The predicted octanol–water partition coefficient (Wildman–Crippen LogP) is 3.51. The Morgan fingerprint density at radius 3 is 1.91 bits per heavy atom. The molecule has 1 atom stereocenters. The van der Waals surface area contributed by atoms with Gasteiger partial charge in [0.1, 0.15) is 0 Å². The highest BCUT2D eigenvalue weighted by Crippen LogP contribution is 2.07. The molecule has 2 N–H and O–H groups in total. The lowest BCUT2D eigenvalue weighted by atomic mass is 10.0. The van der Waals surface area contributed by atoms with Gasteiger partial charge in [0, 0.05) is 13.1 Å². The largest absolute Gasteiger partial charge is 0.351 e. The molecular formula is C20H26N2O. The van der Waals surface area contributed by atoms with Crippen molar-refractivity contribution >= 4 is 5.91 Å². The predicted molar refractivity (Wildman–Crippen MR) is 94.8 cm³/mol. The van der Waals surface area contributed by atoms with Crippen molar-refractivity contribution in [1.82, 2.24) is 10.6 Å². The molecule has 2 rings (SSSR count). The average Bonchev–Trinajstić information content (AvgIpc) is 2.58. The lowest BCUT2D eigenvalue weighted by Gasteiger charge is -2.20. The minimum absolute atomic E-state index is 0.0680. The van der Waals surface area contributed by atoms with E-state index in [0.29, 0.717) is 19.0 Å². The molecule has 0 aliphatic heterocycles. The summed E-state index contributed by atoms with van der Waals surface area (Å²) in [6.45, 7) is 5.56. The third-order valence-electron chi connectivity index (χ3n) is 3.73. The fraction of sp³-hybridized carbons (Fsp3) is 0.350. The van der Waals surface area contributed by atoms with Crippen LogP contribution in [-0.2, 0) is 17.9 Å². The summed E-state index contributed by atoms with van der Waals surface area (Å²) in [6.07, 6.45) is 0.827. The zero-order valence-electron chi connectivity index (χ0n) is 14.0. The summed E-state index contributed by atoms with van der Waals surface area (Å²) in [5, 5.41) is 6.43. The molecule has 0 heterocycles.